The van der Waals surface area contributed by atoms with Gasteiger partial charge >= 0.3 is 5.97 Å². The molecule has 4 aliphatic carbocycles. The molecule has 5 rings (SSSR count). The molecule has 38 heavy (non-hydrogen) atoms. The molecule has 1 aromatic carbocycles. The second-order valence-corrected chi connectivity index (χ2v) is 13.8. The maximum atomic E-state index is 12.8. The van der Waals surface area contributed by atoms with Crippen LogP contribution in [0.2, 0.25) is 0 Å². The Morgan fingerprint density at radius 2 is 1.82 bits per heavy atom. The number of hydrogen-bond donors (Lipinski definition) is 0. The van der Waals surface area contributed by atoms with Gasteiger partial charge in [-0.3, -0.25) is 10.1 Å². The van der Waals surface area contributed by atoms with E-state index in [2.05, 4.69) is 33.8 Å². The van der Waals surface area contributed by atoms with E-state index in [1.54, 1.807) is 0 Å². The number of hydrogen-bond acceptors (Lipinski definition) is 4. The van der Waals surface area contributed by atoms with Crippen LogP contribution in [0.3, 0.4) is 0 Å². The van der Waals surface area contributed by atoms with Gasteiger partial charge in [-0.25, -0.2) is 4.79 Å². The van der Waals surface area contributed by atoms with Crippen LogP contribution in [0.25, 0.3) is 0 Å². The molecule has 0 bridgehead atoms. The lowest BCUT2D eigenvalue weighted by molar-refractivity contribution is -0.384. The molecule has 0 saturated heterocycles. The van der Waals surface area contributed by atoms with E-state index in [0.717, 1.165) is 48.9 Å². The van der Waals surface area contributed by atoms with Crippen LogP contribution in [-0.4, -0.2) is 17.0 Å². The van der Waals surface area contributed by atoms with Crippen LogP contribution in [0.1, 0.15) is 115 Å². The highest BCUT2D eigenvalue weighted by Gasteiger charge is 2.58. The molecule has 5 nitrogen and oxygen atoms in total. The Hall–Kier alpha value is -2.17. The normalized spacial score (nSPS) is 36.1. The number of benzene rings is 1. The number of nitrogens with zero attached hydrogens (tertiary/aromatic N) is 1. The van der Waals surface area contributed by atoms with Crippen molar-refractivity contribution in [3.63, 3.8) is 0 Å². The van der Waals surface area contributed by atoms with Gasteiger partial charge in [0.25, 0.3) is 5.69 Å². The van der Waals surface area contributed by atoms with Crippen LogP contribution in [0.4, 0.5) is 5.69 Å². The fourth-order valence-corrected chi connectivity index (χ4v) is 9.19. The van der Waals surface area contributed by atoms with Gasteiger partial charge in [0.1, 0.15) is 6.10 Å². The molecule has 0 amide bonds. The first-order valence-corrected chi connectivity index (χ1v) is 15.3. The van der Waals surface area contributed by atoms with Crippen molar-refractivity contribution in [2.24, 2.45) is 40.4 Å². The second-order valence-electron chi connectivity index (χ2n) is 13.8. The van der Waals surface area contributed by atoms with Gasteiger partial charge in [0.05, 0.1) is 10.5 Å². The molecule has 3 fully saturated rings. The fourth-order valence-electron chi connectivity index (χ4n) is 9.19. The minimum atomic E-state index is -0.451. The van der Waals surface area contributed by atoms with Gasteiger partial charge in [-0.2, -0.15) is 0 Å². The lowest BCUT2D eigenvalue weighted by atomic mass is 9.47. The Bertz CT molecular complexity index is 1060. The zero-order chi connectivity index (χ0) is 27.1. The summed E-state index contributed by atoms with van der Waals surface area (Å²) in [5.74, 6) is 3.79. The van der Waals surface area contributed by atoms with Crippen molar-refractivity contribution in [3.8, 4) is 0 Å². The maximum absolute atomic E-state index is 12.8. The number of nitro groups is 1. The van der Waals surface area contributed by atoms with Crippen molar-refractivity contribution in [1.29, 1.82) is 0 Å². The molecule has 4 aliphatic rings. The summed E-state index contributed by atoms with van der Waals surface area (Å²) in [6.45, 7) is 9.83. The largest absolute Gasteiger partial charge is 0.458 e. The molecule has 0 N–H and O–H groups in total. The summed E-state index contributed by atoms with van der Waals surface area (Å²) in [5.41, 5.74) is 2.64. The number of carbonyl (C=O) groups excluding carboxylic acids is 1. The summed E-state index contributed by atoms with van der Waals surface area (Å²) in [6.07, 6.45) is 17.6. The molecule has 0 unspecified atom stereocenters. The molecule has 208 valence electrons. The van der Waals surface area contributed by atoms with E-state index in [1.165, 1.54) is 87.6 Å². The van der Waals surface area contributed by atoms with Crippen molar-refractivity contribution in [3.05, 3.63) is 51.6 Å². The van der Waals surface area contributed by atoms with E-state index < -0.39 is 4.92 Å². The highest BCUT2D eigenvalue weighted by atomic mass is 16.6. The third kappa shape index (κ3) is 5.07. The molecule has 0 radical (unpaired) electrons. The van der Waals surface area contributed by atoms with Gasteiger partial charge < -0.3 is 4.74 Å². The number of ether oxygens (including phenoxy) is 1. The summed E-state index contributed by atoms with van der Waals surface area (Å²) in [7, 11) is 0. The van der Waals surface area contributed by atoms with Crippen molar-refractivity contribution in [1.82, 2.24) is 0 Å². The first-order chi connectivity index (χ1) is 18.1. The number of fused-ring (bicyclic) bond motifs is 5. The Morgan fingerprint density at radius 1 is 1.05 bits per heavy atom. The van der Waals surface area contributed by atoms with Crippen molar-refractivity contribution < 1.29 is 14.5 Å². The number of rotatable bonds is 8. The Kier molecular flexibility index (Phi) is 7.77. The Morgan fingerprint density at radius 3 is 2.53 bits per heavy atom. The van der Waals surface area contributed by atoms with Crippen LogP contribution in [-0.2, 0) is 4.74 Å². The van der Waals surface area contributed by atoms with E-state index in [1.807, 2.05) is 0 Å². The lowest BCUT2D eigenvalue weighted by Gasteiger charge is -2.58. The van der Waals surface area contributed by atoms with E-state index >= 15 is 0 Å². The number of unbranched alkanes of at least 4 members (excludes halogenated alkanes) is 1. The van der Waals surface area contributed by atoms with E-state index in [9.17, 15) is 14.9 Å². The molecule has 1 aromatic rings. The predicted octanol–water partition coefficient (Wildman–Crippen LogP) is 8.92. The van der Waals surface area contributed by atoms with Gasteiger partial charge in [0.2, 0.25) is 0 Å². The van der Waals surface area contributed by atoms with Gasteiger partial charge in [0, 0.05) is 18.6 Å². The highest BCUT2D eigenvalue weighted by molar-refractivity contribution is 5.89. The average Bonchev–Trinajstić information content (AvgIpc) is 3.23. The maximum Gasteiger partial charge on any atom is 0.338 e. The third-order valence-corrected chi connectivity index (χ3v) is 11.4. The van der Waals surface area contributed by atoms with E-state index in [-0.39, 0.29) is 23.2 Å². The molecule has 0 aromatic heterocycles. The second kappa shape index (κ2) is 10.8. The summed E-state index contributed by atoms with van der Waals surface area (Å²) in [6, 6.07) is 5.73. The van der Waals surface area contributed by atoms with Gasteiger partial charge in [-0.1, -0.05) is 58.6 Å². The third-order valence-electron chi connectivity index (χ3n) is 11.4. The highest BCUT2D eigenvalue weighted by Crippen LogP contribution is 2.66. The molecule has 7 atom stereocenters. The zero-order valence-corrected chi connectivity index (χ0v) is 23.9. The molecule has 0 heterocycles. The van der Waals surface area contributed by atoms with Crippen LogP contribution in [0.15, 0.2) is 35.9 Å². The lowest BCUT2D eigenvalue weighted by Crippen LogP contribution is -2.50. The predicted molar refractivity (Wildman–Crippen MR) is 151 cm³/mol. The average molecular weight is 522 g/mol. The van der Waals surface area contributed by atoms with E-state index in [4.69, 9.17) is 4.74 Å². The number of carbonyl (C=O) groups is 1. The molecular formula is C33H47NO4. The quantitative estimate of drug-likeness (QED) is 0.113. The minimum absolute atomic E-state index is 0.0137. The van der Waals surface area contributed by atoms with Crippen LogP contribution >= 0.6 is 0 Å². The summed E-state index contributed by atoms with van der Waals surface area (Å²) in [4.78, 5) is 23.2. The summed E-state index contributed by atoms with van der Waals surface area (Å²) in [5, 5.41) is 10.9. The van der Waals surface area contributed by atoms with Crippen molar-refractivity contribution >= 4 is 11.7 Å². The smallest absolute Gasteiger partial charge is 0.338 e. The Balaban J connectivity index is 1.22. The SMILES string of the molecule is CC(C)CCCC[C@H]1CC[C@H]2[C@@H]3CC=C4C[C@@H](OC(=O)c5ccc([N+](=O)[O-])cc5)CC[C@]4(C)[C@H]3CC[C@]12C. The number of nitro benzene ring substituents is 1. The van der Waals surface area contributed by atoms with E-state index in [0.29, 0.717) is 11.0 Å². The molecular weight excluding hydrogens is 474 g/mol. The molecule has 0 spiro atoms. The number of esters is 1. The first-order valence-electron chi connectivity index (χ1n) is 15.3. The fraction of sp³-hybridized carbons (Fsp3) is 0.727. The van der Waals surface area contributed by atoms with Crippen LogP contribution in [0, 0.1) is 50.5 Å². The Labute approximate surface area is 228 Å². The van der Waals surface area contributed by atoms with Crippen molar-refractivity contribution in [2.75, 3.05) is 0 Å². The van der Waals surface area contributed by atoms with Crippen molar-refractivity contribution in [2.45, 2.75) is 111 Å². The molecule has 5 heteroatoms. The standard InChI is InChI=1S/C33H47NO4/c1-22(2)7-5-6-8-24-12-16-29-28-15-11-25-21-27(17-19-33(25,4)30(28)18-20-32(24,29)3)38-31(35)23-9-13-26(14-10-23)34(36)37/h9-11,13-14,22,24,27-30H,5-8,12,15-21H2,1-4H3/t24-,27-,28-,29-,30-,32+,33-/m0/s1. The molecule has 3 saturated carbocycles. The summed E-state index contributed by atoms with van der Waals surface area (Å²) >= 11 is 0. The monoisotopic (exact) mass is 521 g/mol. The van der Waals surface area contributed by atoms with Crippen LogP contribution < -0.4 is 0 Å². The number of allylic oxidation sites excluding steroid dienone is 1. The first kappa shape index (κ1) is 27.4. The topological polar surface area (TPSA) is 69.4 Å². The van der Waals surface area contributed by atoms with Gasteiger partial charge in [-0.05, 0) is 104 Å². The minimum Gasteiger partial charge on any atom is -0.458 e. The van der Waals surface area contributed by atoms with Crippen LogP contribution in [0.5, 0.6) is 0 Å². The zero-order valence-electron chi connectivity index (χ0n) is 23.9. The number of non-ortho nitro benzene ring substituents is 1. The summed E-state index contributed by atoms with van der Waals surface area (Å²) < 4.78 is 5.92. The van der Waals surface area contributed by atoms with Gasteiger partial charge in [-0.15, -0.1) is 0 Å². The van der Waals surface area contributed by atoms with Gasteiger partial charge in [0.15, 0.2) is 0 Å². The molecule has 0 aliphatic heterocycles.